The minimum Gasteiger partial charge on any atom is -0.458 e. The van der Waals surface area contributed by atoms with Crippen molar-refractivity contribution in [3.63, 3.8) is 0 Å². The minimum absolute atomic E-state index is 0.0990. The zero-order valence-corrected chi connectivity index (χ0v) is 35.8. The van der Waals surface area contributed by atoms with Gasteiger partial charge in [0.1, 0.15) is 18.3 Å². The summed E-state index contributed by atoms with van der Waals surface area (Å²) in [7, 11) is 0. The van der Waals surface area contributed by atoms with Crippen LogP contribution in [0.1, 0.15) is 93.6 Å². The van der Waals surface area contributed by atoms with E-state index < -0.39 is 106 Å². The molecule has 2 saturated carbocycles. The Morgan fingerprint density at radius 1 is 0.806 bits per heavy atom. The van der Waals surface area contributed by atoms with Crippen LogP contribution >= 0.6 is 0 Å². The maximum absolute atomic E-state index is 15.6. The Labute approximate surface area is 359 Å². The SMILES string of the molecule is CC(=O)O[C@H]1C(=O)[C@@]2(C)[C@H]([C@H](OC(=O)c3ccccc3)[C@]3(C)CC(OC(=O)[C@H](O)[C@@H](NC(=O)c4ccccc4)c4ccccc4)C(C)=C1C3(C)C)[C@]1(OC(C)=O)CO[C@@H]1C[C@@H]2O. The fourth-order valence-electron chi connectivity index (χ4n) is 10.5. The lowest BCUT2D eigenvalue weighted by molar-refractivity contribution is -0.340. The number of ether oxygens (including phenoxy) is 5. The van der Waals surface area contributed by atoms with Crippen molar-refractivity contribution in [2.75, 3.05) is 6.61 Å². The van der Waals surface area contributed by atoms with Gasteiger partial charge < -0.3 is 39.2 Å². The molecule has 1 unspecified atom stereocenters. The van der Waals surface area contributed by atoms with Crippen molar-refractivity contribution < 1.29 is 62.7 Å². The molecule has 328 valence electrons. The van der Waals surface area contributed by atoms with Crippen LogP contribution in [0.5, 0.6) is 0 Å². The number of Topliss-reactive ketones (excluding diaryl/α,β-unsaturated/α-hetero) is 1. The molecule has 3 aliphatic carbocycles. The Kier molecular flexibility index (Phi) is 11.8. The first-order chi connectivity index (χ1) is 29.3. The quantitative estimate of drug-likeness (QED) is 0.140. The molecule has 14 heteroatoms. The largest absolute Gasteiger partial charge is 0.458 e. The first-order valence-electron chi connectivity index (χ1n) is 20.7. The molecule has 14 nitrogen and oxygen atoms in total. The van der Waals surface area contributed by atoms with E-state index in [1.165, 1.54) is 13.8 Å². The summed E-state index contributed by atoms with van der Waals surface area (Å²) in [6.07, 6.45) is -8.83. The summed E-state index contributed by atoms with van der Waals surface area (Å²) in [6, 6.07) is 23.6. The lowest BCUT2D eigenvalue weighted by atomic mass is 9.42. The Bertz CT molecular complexity index is 2280. The lowest BCUT2D eigenvalue weighted by Crippen LogP contribution is -2.80. The molecule has 7 rings (SSSR count). The van der Waals surface area contributed by atoms with Gasteiger partial charge in [-0.2, -0.15) is 0 Å². The van der Waals surface area contributed by atoms with Gasteiger partial charge in [-0.15, -0.1) is 0 Å². The summed E-state index contributed by atoms with van der Waals surface area (Å²) in [5.41, 5.74) is -4.65. The molecule has 11 atom stereocenters. The Hall–Kier alpha value is -5.70. The molecule has 62 heavy (non-hydrogen) atoms. The molecule has 1 heterocycles. The maximum atomic E-state index is 15.6. The van der Waals surface area contributed by atoms with Crippen LogP contribution in [0.3, 0.4) is 0 Å². The number of carbonyl (C=O) groups excluding carboxylic acids is 6. The number of rotatable bonds is 10. The van der Waals surface area contributed by atoms with Gasteiger partial charge in [-0.3, -0.25) is 19.2 Å². The third-order valence-corrected chi connectivity index (χ3v) is 14.1. The topological polar surface area (TPSA) is 201 Å². The highest BCUT2D eigenvalue weighted by molar-refractivity contribution is 5.96. The fourth-order valence-corrected chi connectivity index (χ4v) is 10.5. The van der Waals surface area contributed by atoms with E-state index >= 15 is 4.79 Å². The second kappa shape index (κ2) is 16.5. The molecule has 0 aromatic heterocycles. The van der Waals surface area contributed by atoms with Gasteiger partial charge in [0.15, 0.2) is 23.6 Å². The molecule has 1 saturated heterocycles. The predicted octanol–water partition coefficient (Wildman–Crippen LogP) is 5.01. The van der Waals surface area contributed by atoms with Crippen molar-refractivity contribution in [1.82, 2.24) is 5.32 Å². The summed E-state index contributed by atoms with van der Waals surface area (Å²) in [5.74, 6) is -6.01. The number of amides is 1. The molecule has 4 aliphatic rings. The number of carbonyl (C=O) groups is 6. The van der Waals surface area contributed by atoms with Crippen molar-refractivity contribution in [1.29, 1.82) is 0 Å². The number of fused-ring (bicyclic) bond motifs is 5. The second-order valence-corrected chi connectivity index (χ2v) is 17.8. The van der Waals surface area contributed by atoms with Gasteiger partial charge in [0.25, 0.3) is 5.91 Å². The van der Waals surface area contributed by atoms with Crippen molar-refractivity contribution in [3.8, 4) is 0 Å². The summed E-state index contributed by atoms with van der Waals surface area (Å²) in [6.45, 7) is 10.7. The summed E-state index contributed by atoms with van der Waals surface area (Å²) < 4.78 is 31.0. The number of aliphatic hydroxyl groups is 2. The highest BCUT2D eigenvalue weighted by Gasteiger charge is 2.77. The Balaban J connectivity index is 1.39. The van der Waals surface area contributed by atoms with E-state index in [4.69, 9.17) is 23.7 Å². The maximum Gasteiger partial charge on any atom is 0.338 e. The van der Waals surface area contributed by atoms with Crippen molar-refractivity contribution in [3.05, 3.63) is 119 Å². The highest BCUT2D eigenvalue weighted by Crippen LogP contribution is 2.67. The van der Waals surface area contributed by atoms with Gasteiger partial charge in [0, 0.05) is 31.2 Å². The average molecular weight is 852 g/mol. The van der Waals surface area contributed by atoms with Gasteiger partial charge in [0.2, 0.25) is 0 Å². The van der Waals surface area contributed by atoms with Crippen LogP contribution in [-0.4, -0.2) is 94.6 Å². The van der Waals surface area contributed by atoms with Gasteiger partial charge in [-0.25, -0.2) is 9.59 Å². The molecule has 3 aromatic carbocycles. The molecule has 3 aromatic rings. The number of esters is 4. The second-order valence-electron chi connectivity index (χ2n) is 17.8. The molecular weight excluding hydrogens is 799 g/mol. The third kappa shape index (κ3) is 7.31. The smallest absolute Gasteiger partial charge is 0.338 e. The van der Waals surface area contributed by atoms with E-state index in [1.54, 1.807) is 105 Å². The van der Waals surface area contributed by atoms with Gasteiger partial charge >= 0.3 is 23.9 Å². The molecule has 3 N–H and O–H groups in total. The van der Waals surface area contributed by atoms with Crippen LogP contribution in [0.15, 0.2) is 102 Å². The molecule has 2 bridgehead atoms. The van der Waals surface area contributed by atoms with Crippen molar-refractivity contribution in [2.45, 2.75) is 110 Å². The van der Waals surface area contributed by atoms with Crippen LogP contribution in [0, 0.1) is 22.2 Å². The fraction of sp³-hybridized carbons (Fsp3) is 0.458. The summed E-state index contributed by atoms with van der Waals surface area (Å²) >= 11 is 0. The van der Waals surface area contributed by atoms with Crippen LogP contribution in [0.4, 0.5) is 0 Å². The summed E-state index contributed by atoms with van der Waals surface area (Å²) in [5, 5.41) is 26.7. The monoisotopic (exact) mass is 851 g/mol. The van der Waals surface area contributed by atoms with Gasteiger partial charge in [-0.1, -0.05) is 87.5 Å². The number of ketones is 1. The number of nitrogens with one attached hydrogen (secondary N) is 1. The van der Waals surface area contributed by atoms with Crippen molar-refractivity contribution >= 4 is 35.6 Å². The molecule has 1 amide bonds. The van der Waals surface area contributed by atoms with Crippen molar-refractivity contribution in [2.24, 2.45) is 22.2 Å². The third-order valence-electron chi connectivity index (χ3n) is 14.1. The molecular formula is C48H53NO13. The lowest BCUT2D eigenvalue weighted by Gasteiger charge is -2.68. The average Bonchev–Trinajstić information content (AvgIpc) is 3.24. The van der Waals surface area contributed by atoms with Crippen LogP contribution in [0.25, 0.3) is 0 Å². The predicted molar refractivity (Wildman–Crippen MR) is 221 cm³/mol. The van der Waals surface area contributed by atoms with E-state index in [0.29, 0.717) is 16.7 Å². The number of benzene rings is 3. The van der Waals surface area contributed by atoms with E-state index in [-0.39, 0.29) is 30.6 Å². The molecule has 3 fully saturated rings. The highest BCUT2D eigenvalue weighted by atomic mass is 16.6. The normalized spacial score (nSPS) is 31.9. The number of hydrogen-bond donors (Lipinski definition) is 3. The standard InChI is InChI=1S/C48H53NO13/c1-26-32(60-44(57)37(53)36(29-17-11-8-12-18-29)49-42(55)30-19-13-9-14-20-30)24-46(6)41(61-43(56)31-21-15-10-16-22-31)39-47(7,33(52)23-34-48(39,25-58-34)62-28(3)51)40(54)38(59-27(2)50)35(26)45(46,4)5/h8-22,32-34,36-39,41,52-53H,23-25H2,1-7H3,(H,49,55)/t32?,33-,34+,36-,37+,38+,39-,41-,46-,47+,48-/m0/s1. The van der Waals surface area contributed by atoms with Crippen LogP contribution < -0.4 is 5.32 Å². The van der Waals surface area contributed by atoms with Crippen LogP contribution in [-0.2, 0) is 42.9 Å². The Morgan fingerprint density at radius 3 is 1.94 bits per heavy atom. The molecule has 1 aliphatic heterocycles. The van der Waals surface area contributed by atoms with Gasteiger partial charge in [0.05, 0.1) is 35.6 Å². The summed E-state index contributed by atoms with van der Waals surface area (Å²) in [4.78, 5) is 83.9. The van der Waals surface area contributed by atoms with Gasteiger partial charge in [-0.05, 0) is 66.7 Å². The van der Waals surface area contributed by atoms with E-state index in [9.17, 15) is 34.2 Å². The van der Waals surface area contributed by atoms with E-state index in [1.807, 2.05) is 13.8 Å². The zero-order valence-electron chi connectivity index (χ0n) is 35.8. The number of aliphatic hydroxyl groups excluding tert-OH is 2. The zero-order chi connectivity index (χ0) is 44.9. The first-order valence-corrected chi connectivity index (χ1v) is 20.7. The molecule has 0 spiro atoms. The molecule has 0 radical (unpaired) electrons. The number of hydrogen-bond acceptors (Lipinski definition) is 13. The Morgan fingerprint density at radius 2 is 1.39 bits per heavy atom. The van der Waals surface area contributed by atoms with E-state index in [0.717, 1.165) is 6.92 Å². The van der Waals surface area contributed by atoms with E-state index in [2.05, 4.69) is 5.32 Å². The van der Waals surface area contributed by atoms with Crippen LogP contribution in [0.2, 0.25) is 0 Å². The minimum atomic E-state index is -1.95. The first kappa shape index (κ1) is 44.4.